The maximum atomic E-state index is 9.10. The maximum absolute atomic E-state index is 9.10. The Morgan fingerprint density at radius 2 is 2.00 bits per heavy atom. The zero-order chi connectivity index (χ0) is 11.5. The van der Waals surface area contributed by atoms with Gasteiger partial charge in [0.15, 0.2) is 0 Å². The molecule has 0 aromatic rings. The van der Waals surface area contributed by atoms with Crippen LogP contribution >= 0.6 is 0 Å². The summed E-state index contributed by atoms with van der Waals surface area (Å²) in [6, 6.07) is 0.314. The van der Waals surface area contributed by atoms with Crippen LogP contribution in [0.15, 0.2) is 0 Å². The Hall–Kier alpha value is -0.160. The maximum Gasteiger partial charge on any atom is 0.0586 e. The number of likely N-dealkylation sites (N-methyl/N-ethyl adjacent to an activating group) is 1. The summed E-state index contributed by atoms with van der Waals surface area (Å²) in [6.45, 7) is 6.21. The van der Waals surface area contributed by atoms with Crippen molar-refractivity contribution >= 4 is 0 Å². The normalized spacial score (nSPS) is 13.4. The Bertz CT molecular complexity index is 129. The Labute approximate surface area is 93.8 Å². The van der Waals surface area contributed by atoms with Crippen LogP contribution in [0, 0.1) is 0 Å². The summed E-state index contributed by atoms with van der Waals surface area (Å²) in [4.78, 5) is 2.23. The van der Waals surface area contributed by atoms with Crippen molar-refractivity contribution in [2.24, 2.45) is 5.73 Å². The molecule has 0 bridgehead atoms. The van der Waals surface area contributed by atoms with Crippen LogP contribution in [0.5, 0.6) is 0 Å². The highest BCUT2D eigenvalue weighted by Crippen LogP contribution is 2.00. The van der Waals surface area contributed by atoms with E-state index in [4.69, 9.17) is 10.8 Å². The molecule has 0 radical (unpaired) electrons. The van der Waals surface area contributed by atoms with Crippen molar-refractivity contribution in [1.82, 2.24) is 10.2 Å². The van der Waals surface area contributed by atoms with Gasteiger partial charge in [-0.2, -0.15) is 0 Å². The second kappa shape index (κ2) is 10.4. The highest BCUT2D eigenvalue weighted by atomic mass is 16.3. The lowest BCUT2D eigenvalue weighted by atomic mass is 10.2. The minimum atomic E-state index is 0.258. The van der Waals surface area contributed by atoms with Crippen LogP contribution in [0.3, 0.4) is 0 Å². The van der Waals surface area contributed by atoms with Gasteiger partial charge in [-0.1, -0.05) is 6.92 Å². The van der Waals surface area contributed by atoms with Crippen LogP contribution < -0.4 is 11.1 Å². The fourth-order valence-corrected chi connectivity index (χ4v) is 1.57. The highest BCUT2D eigenvalue weighted by molar-refractivity contribution is 4.65. The van der Waals surface area contributed by atoms with Crippen molar-refractivity contribution < 1.29 is 5.11 Å². The molecule has 0 aromatic carbocycles. The summed E-state index contributed by atoms with van der Waals surface area (Å²) in [5, 5.41) is 12.4. The fourth-order valence-electron chi connectivity index (χ4n) is 1.57. The predicted octanol–water partition coefficient (Wildman–Crippen LogP) is 0.0176. The van der Waals surface area contributed by atoms with Crippen molar-refractivity contribution in [3.05, 3.63) is 0 Å². The monoisotopic (exact) mass is 217 g/mol. The number of nitrogens with zero attached hydrogens (tertiary/aromatic N) is 1. The minimum absolute atomic E-state index is 0.258. The van der Waals surface area contributed by atoms with Crippen LogP contribution in [0.4, 0.5) is 0 Å². The van der Waals surface area contributed by atoms with Gasteiger partial charge in [0.1, 0.15) is 0 Å². The molecular weight excluding hydrogens is 190 g/mol. The zero-order valence-electron chi connectivity index (χ0n) is 10.2. The van der Waals surface area contributed by atoms with Gasteiger partial charge in [0.25, 0.3) is 0 Å². The number of rotatable bonds is 10. The average Bonchev–Trinajstić information content (AvgIpc) is 2.25. The van der Waals surface area contributed by atoms with Crippen molar-refractivity contribution in [2.45, 2.75) is 32.2 Å². The van der Waals surface area contributed by atoms with Gasteiger partial charge in [-0.15, -0.1) is 0 Å². The van der Waals surface area contributed by atoms with Gasteiger partial charge in [0.05, 0.1) is 6.61 Å². The number of nitrogens with one attached hydrogen (secondary N) is 1. The van der Waals surface area contributed by atoms with E-state index in [1.165, 1.54) is 0 Å². The first-order valence-electron chi connectivity index (χ1n) is 5.98. The molecule has 15 heavy (non-hydrogen) atoms. The molecule has 0 aliphatic carbocycles. The molecule has 0 aliphatic heterocycles. The van der Waals surface area contributed by atoms with Gasteiger partial charge in [-0.05, 0) is 52.5 Å². The number of nitrogens with two attached hydrogens (primary N) is 1. The third kappa shape index (κ3) is 7.73. The van der Waals surface area contributed by atoms with E-state index in [0.717, 1.165) is 45.4 Å². The molecule has 0 heterocycles. The SMILES string of the molecule is CCC(CO)N(C)CCCNCCCN. The molecule has 0 amide bonds. The van der Waals surface area contributed by atoms with E-state index in [-0.39, 0.29) is 6.61 Å². The smallest absolute Gasteiger partial charge is 0.0586 e. The largest absolute Gasteiger partial charge is 0.395 e. The summed E-state index contributed by atoms with van der Waals surface area (Å²) < 4.78 is 0. The fraction of sp³-hybridized carbons (Fsp3) is 1.00. The van der Waals surface area contributed by atoms with E-state index in [0.29, 0.717) is 6.04 Å². The first kappa shape index (κ1) is 14.8. The average molecular weight is 217 g/mol. The van der Waals surface area contributed by atoms with Crippen molar-refractivity contribution in [2.75, 3.05) is 39.8 Å². The third-order valence-electron chi connectivity index (χ3n) is 2.73. The molecule has 0 fully saturated rings. The third-order valence-corrected chi connectivity index (χ3v) is 2.73. The first-order chi connectivity index (χ1) is 7.26. The molecule has 4 heteroatoms. The van der Waals surface area contributed by atoms with E-state index in [9.17, 15) is 0 Å². The molecule has 0 rings (SSSR count). The van der Waals surface area contributed by atoms with E-state index in [1.807, 2.05) is 0 Å². The summed E-state index contributed by atoms with van der Waals surface area (Å²) >= 11 is 0. The van der Waals surface area contributed by atoms with Gasteiger partial charge in [0, 0.05) is 6.04 Å². The summed E-state index contributed by atoms with van der Waals surface area (Å²) in [6.07, 6.45) is 3.18. The van der Waals surface area contributed by atoms with Crippen LogP contribution in [-0.2, 0) is 0 Å². The molecular formula is C11H27N3O. The quantitative estimate of drug-likeness (QED) is 0.451. The summed E-state index contributed by atoms with van der Waals surface area (Å²) in [7, 11) is 2.07. The lowest BCUT2D eigenvalue weighted by molar-refractivity contribution is 0.142. The molecule has 0 saturated heterocycles. The molecule has 92 valence electrons. The van der Waals surface area contributed by atoms with Crippen LogP contribution in [0.2, 0.25) is 0 Å². The topological polar surface area (TPSA) is 61.5 Å². The molecule has 0 aromatic heterocycles. The molecule has 0 spiro atoms. The van der Waals surface area contributed by atoms with Gasteiger partial charge < -0.3 is 21.1 Å². The second-order valence-corrected chi connectivity index (χ2v) is 3.97. The predicted molar refractivity (Wildman–Crippen MR) is 65.0 cm³/mol. The Kier molecular flexibility index (Phi) is 10.3. The van der Waals surface area contributed by atoms with E-state index in [1.54, 1.807) is 0 Å². The Balaban J connectivity index is 3.33. The molecule has 1 unspecified atom stereocenters. The number of aliphatic hydroxyl groups excluding tert-OH is 1. The number of aliphatic hydroxyl groups is 1. The molecule has 0 aliphatic rings. The van der Waals surface area contributed by atoms with Crippen LogP contribution in [0.1, 0.15) is 26.2 Å². The van der Waals surface area contributed by atoms with Crippen molar-refractivity contribution in [3.8, 4) is 0 Å². The van der Waals surface area contributed by atoms with Crippen molar-refractivity contribution in [1.29, 1.82) is 0 Å². The lowest BCUT2D eigenvalue weighted by Crippen LogP contribution is -2.36. The molecule has 4 N–H and O–H groups in total. The van der Waals surface area contributed by atoms with Gasteiger partial charge >= 0.3 is 0 Å². The first-order valence-corrected chi connectivity index (χ1v) is 5.98. The standard InChI is InChI=1S/C11H27N3O/c1-3-11(10-15)14(2)9-5-8-13-7-4-6-12/h11,13,15H,3-10,12H2,1-2H3. The van der Waals surface area contributed by atoms with Crippen molar-refractivity contribution in [3.63, 3.8) is 0 Å². The highest BCUT2D eigenvalue weighted by Gasteiger charge is 2.09. The zero-order valence-corrected chi connectivity index (χ0v) is 10.2. The van der Waals surface area contributed by atoms with Crippen LogP contribution in [0.25, 0.3) is 0 Å². The Morgan fingerprint density at radius 3 is 2.53 bits per heavy atom. The van der Waals surface area contributed by atoms with E-state index in [2.05, 4.69) is 24.2 Å². The minimum Gasteiger partial charge on any atom is -0.395 e. The summed E-state index contributed by atoms with van der Waals surface area (Å²) in [5.74, 6) is 0. The number of hydrogen-bond donors (Lipinski definition) is 3. The van der Waals surface area contributed by atoms with Gasteiger partial charge in [-0.25, -0.2) is 0 Å². The van der Waals surface area contributed by atoms with Gasteiger partial charge in [0.2, 0.25) is 0 Å². The number of hydrogen-bond acceptors (Lipinski definition) is 4. The van der Waals surface area contributed by atoms with Gasteiger partial charge in [-0.3, -0.25) is 0 Å². The molecule has 4 nitrogen and oxygen atoms in total. The summed E-state index contributed by atoms with van der Waals surface area (Å²) in [5.41, 5.74) is 5.39. The molecule has 0 saturated carbocycles. The lowest BCUT2D eigenvalue weighted by Gasteiger charge is -2.25. The van der Waals surface area contributed by atoms with Crippen LogP contribution in [-0.4, -0.2) is 55.9 Å². The van der Waals surface area contributed by atoms with E-state index >= 15 is 0 Å². The second-order valence-electron chi connectivity index (χ2n) is 3.97. The molecule has 1 atom stereocenters. The van der Waals surface area contributed by atoms with E-state index < -0.39 is 0 Å². The Morgan fingerprint density at radius 1 is 1.33 bits per heavy atom.